The Morgan fingerprint density at radius 1 is 0.925 bits per heavy atom. The highest BCUT2D eigenvalue weighted by Gasteiger charge is 2.26. The van der Waals surface area contributed by atoms with Crippen molar-refractivity contribution >= 4 is 45.3 Å². The van der Waals surface area contributed by atoms with E-state index in [1.807, 2.05) is 0 Å². The van der Waals surface area contributed by atoms with Crippen LogP contribution in [0.25, 0.3) is 0 Å². The van der Waals surface area contributed by atoms with Crippen LogP contribution in [0.2, 0.25) is 5.02 Å². The van der Waals surface area contributed by atoms with Crippen LogP contribution in [-0.2, 0) is 32.7 Å². The number of ether oxygens (including phenoxy) is 1. The zero-order valence-corrected chi connectivity index (χ0v) is 22.9. The van der Waals surface area contributed by atoms with Gasteiger partial charge in [0.05, 0.1) is 30.5 Å². The molecule has 40 heavy (non-hydrogen) atoms. The maximum absolute atomic E-state index is 13.4. The zero-order valence-electron chi connectivity index (χ0n) is 21.3. The summed E-state index contributed by atoms with van der Waals surface area (Å²) in [5, 5.41) is 6.74. The summed E-state index contributed by atoms with van der Waals surface area (Å²) >= 11 is 5.98. The predicted octanol–water partition coefficient (Wildman–Crippen LogP) is 4.42. The van der Waals surface area contributed by atoms with Gasteiger partial charge >= 0.3 is 11.8 Å². The molecule has 0 saturated carbocycles. The number of hydrazone groups is 1. The number of hydrogen-bond acceptors (Lipinski definition) is 7. The van der Waals surface area contributed by atoms with E-state index in [2.05, 4.69) is 15.8 Å². The Balaban J connectivity index is 1.43. The van der Waals surface area contributed by atoms with Gasteiger partial charge in [-0.05, 0) is 54.1 Å². The van der Waals surface area contributed by atoms with Crippen LogP contribution in [0.5, 0.6) is 5.75 Å². The van der Waals surface area contributed by atoms with Gasteiger partial charge in [0, 0.05) is 11.6 Å². The number of carbonyl (C=O) groups is 2. The molecule has 3 aromatic carbocycles. The molecule has 10 nitrogen and oxygen atoms in total. The molecule has 0 atom stereocenters. The van der Waals surface area contributed by atoms with E-state index in [4.69, 9.17) is 20.8 Å². The van der Waals surface area contributed by atoms with Crippen molar-refractivity contribution in [2.24, 2.45) is 5.10 Å². The van der Waals surface area contributed by atoms with Crippen molar-refractivity contribution in [1.82, 2.24) is 9.73 Å². The number of halogens is 1. The van der Waals surface area contributed by atoms with E-state index >= 15 is 0 Å². The number of sulfonamides is 1. The molecule has 12 heteroatoms. The van der Waals surface area contributed by atoms with E-state index in [9.17, 15) is 18.0 Å². The fourth-order valence-electron chi connectivity index (χ4n) is 3.62. The Kier molecular flexibility index (Phi) is 9.33. The number of nitrogens with one attached hydrogen (secondary N) is 2. The summed E-state index contributed by atoms with van der Waals surface area (Å²) < 4.78 is 39.0. The van der Waals surface area contributed by atoms with Gasteiger partial charge in [-0.3, -0.25) is 9.59 Å². The Hall–Kier alpha value is -4.45. The average molecular weight is 581 g/mol. The number of anilines is 1. The van der Waals surface area contributed by atoms with Crippen LogP contribution >= 0.6 is 11.6 Å². The number of carbonyl (C=O) groups excluding carboxylic acids is 2. The fourth-order valence-corrected chi connectivity index (χ4v) is 5.16. The molecule has 0 unspecified atom stereocenters. The minimum absolute atomic E-state index is 0.0681. The smallest absolute Gasteiger partial charge is 0.329 e. The van der Waals surface area contributed by atoms with Crippen LogP contribution in [0.3, 0.4) is 0 Å². The molecule has 4 rings (SSSR count). The molecule has 1 heterocycles. The first-order valence-electron chi connectivity index (χ1n) is 11.9. The molecule has 2 N–H and O–H groups in total. The molecule has 0 fully saturated rings. The number of para-hydroxylation sites is 2. The van der Waals surface area contributed by atoms with Gasteiger partial charge in [0.1, 0.15) is 17.3 Å². The van der Waals surface area contributed by atoms with E-state index < -0.39 is 21.8 Å². The molecule has 0 aliphatic heterocycles. The van der Waals surface area contributed by atoms with Crippen molar-refractivity contribution in [3.8, 4) is 5.75 Å². The molecule has 0 spiro atoms. The summed E-state index contributed by atoms with van der Waals surface area (Å²) in [6.07, 6.45) is 1.20. The minimum atomic E-state index is -3.87. The molecule has 1 aromatic heterocycles. The third-order valence-electron chi connectivity index (χ3n) is 5.59. The molecule has 2 amide bonds. The number of nitrogens with zero attached hydrogens (tertiary/aromatic N) is 2. The first-order chi connectivity index (χ1) is 19.3. The van der Waals surface area contributed by atoms with E-state index in [1.54, 1.807) is 78.9 Å². The van der Waals surface area contributed by atoms with Crippen molar-refractivity contribution in [1.29, 1.82) is 0 Å². The summed E-state index contributed by atoms with van der Waals surface area (Å²) in [6, 6.07) is 24.8. The van der Waals surface area contributed by atoms with Crippen LogP contribution < -0.4 is 15.5 Å². The van der Waals surface area contributed by atoms with E-state index in [-0.39, 0.29) is 23.7 Å². The van der Waals surface area contributed by atoms with Gasteiger partial charge in [-0.25, -0.2) is 13.8 Å². The Morgan fingerprint density at radius 3 is 2.35 bits per heavy atom. The van der Waals surface area contributed by atoms with E-state index in [1.165, 1.54) is 29.8 Å². The normalized spacial score (nSPS) is 11.5. The Bertz CT molecular complexity index is 1610. The summed E-state index contributed by atoms with van der Waals surface area (Å²) in [5.74, 6) is -0.962. The molecule has 0 aliphatic rings. The number of benzene rings is 3. The quantitative estimate of drug-likeness (QED) is 0.162. The zero-order chi connectivity index (χ0) is 28.5. The second kappa shape index (κ2) is 13.1. The van der Waals surface area contributed by atoms with E-state index in [0.29, 0.717) is 22.2 Å². The van der Waals surface area contributed by atoms with Crippen LogP contribution in [0.1, 0.15) is 17.1 Å². The lowest BCUT2D eigenvalue weighted by molar-refractivity contribution is -0.136. The molecule has 0 aliphatic carbocycles. The second-order valence-corrected chi connectivity index (χ2v) is 10.7. The summed E-state index contributed by atoms with van der Waals surface area (Å²) in [6.45, 7) is 0.0112. The van der Waals surface area contributed by atoms with Crippen molar-refractivity contribution in [2.75, 3.05) is 12.4 Å². The monoisotopic (exact) mass is 580 g/mol. The van der Waals surface area contributed by atoms with E-state index in [0.717, 1.165) is 5.56 Å². The second-order valence-electron chi connectivity index (χ2n) is 8.37. The van der Waals surface area contributed by atoms with Crippen molar-refractivity contribution in [2.45, 2.75) is 18.0 Å². The molecule has 206 valence electrons. The predicted molar refractivity (Wildman–Crippen MR) is 150 cm³/mol. The summed E-state index contributed by atoms with van der Waals surface area (Å²) in [5.41, 5.74) is 3.20. The van der Waals surface area contributed by atoms with Gasteiger partial charge in [-0.1, -0.05) is 54.1 Å². The first-order valence-corrected chi connectivity index (χ1v) is 13.7. The van der Waals surface area contributed by atoms with Gasteiger partial charge in [-0.15, -0.1) is 0 Å². The number of rotatable bonds is 10. The summed E-state index contributed by atoms with van der Waals surface area (Å²) in [4.78, 5) is 24.5. The van der Waals surface area contributed by atoms with Crippen molar-refractivity contribution < 1.29 is 27.2 Å². The lowest BCUT2D eigenvalue weighted by Gasteiger charge is -2.21. The molecule has 0 saturated heterocycles. The number of furan rings is 1. The number of hydrogen-bond donors (Lipinski definition) is 2. The molecule has 0 radical (unpaired) electrons. The van der Waals surface area contributed by atoms with Gasteiger partial charge < -0.3 is 14.5 Å². The largest absolute Gasteiger partial charge is 0.495 e. The topological polar surface area (TPSA) is 130 Å². The lowest BCUT2D eigenvalue weighted by Crippen LogP contribution is -2.32. The Labute approximate surface area is 236 Å². The fraction of sp³-hybridized carbons (Fsp3) is 0.107. The standard InChI is InChI=1S/C28H25ClN4O6S/c1-38-26-10-6-5-9-25(26)31-27(34)28(35)32-30-17-22-15-16-23(39-22)19-33(18-20-11-13-21(29)14-12-20)40(36,37)24-7-3-2-4-8-24/h2-17H,18-19H2,1H3,(H,31,34)(H,32,35)/b30-17+. The molecule has 4 aromatic rings. The van der Waals surface area contributed by atoms with Crippen molar-refractivity contribution in [3.63, 3.8) is 0 Å². The maximum Gasteiger partial charge on any atom is 0.329 e. The number of methoxy groups -OCH3 is 1. The molecular formula is C28H25ClN4O6S. The van der Waals surface area contributed by atoms with Gasteiger partial charge in [0.15, 0.2) is 0 Å². The third kappa shape index (κ3) is 7.35. The highest BCUT2D eigenvalue weighted by molar-refractivity contribution is 7.89. The Morgan fingerprint density at radius 2 is 1.62 bits per heavy atom. The van der Waals surface area contributed by atoms with Gasteiger partial charge in [-0.2, -0.15) is 9.41 Å². The average Bonchev–Trinajstić information content (AvgIpc) is 3.41. The molecular weight excluding hydrogens is 556 g/mol. The third-order valence-corrected chi connectivity index (χ3v) is 7.64. The number of amides is 2. The SMILES string of the molecule is COc1ccccc1NC(=O)C(=O)N/N=C/c1ccc(CN(Cc2ccc(Cl)cc2)S(=O)(=O)c2ccccc2)o1. The van der Waals surface area contributed by atoms with Crippen LogP contribution in [0.15, 0.2) is 105 Å². The van der Waals surface area contributed by atoms with Gasteiger partial charge in [0.2, 0.25) is 10.0 Å². The van der Waals surface area contributed by atoms with Crippen LogP contribution in [0, 0.1) is 0 Å². The van der Waals surface area contributed by atoms with Crippen molar-refractivity contribution in [3.05, 3.63) is 113 Å². The van der Waals surface area contributed by atoms with Crippen LogP contribution in [0.4, 0.5) is 5.69 Å². The lowest BCUT2D eigenvalue weighted by atomic mass is 10.2. The van der Waals surface area contributed by atoms with Gasteiger partial charge in [0.25, 0.3) is 0 Å². The van der Waals surface area contributed by atoms with Crippen LogP contribution in [-0.4, -0.2) is 37.9 Å². The summed E-state index contributed by atoms with van der Waals surface area (Å²) in [7, 11) is -2.43. The first kappa shape index (κ1) is 28.6. The maximum atomic E-state index is 13.4. The minimum Gasteiger partial charge on any atom is -0.495 e. The highest BCUT2D eigenvalue weighted by Crippen LogP contribution is 2.24. The molecule has 0 bridgehead atoms. The highest BCUT2D eigenvalue weighted by atomic mass is 35.5.